The molecule has 0 saturated carbocycles. The molecule has 5 heteroatoms. The summed E-state index contributed by atoms with van der Waals surface area (Å²) in [7, 11) is 1.83. The van der Waals surface area contributed by atoms with Crippen LogP contribution in [0.2, 0.25) is 0 Å². The molecule has 3 N–H and O–H groups in total. The molecular formula is C13H20N2O3. The van der Waals surface area contributed by atoms with E-state index in [1.54, 1.807) is 12.1 Å². The molecule has 18 heavy (non-hydrogen) atoms. The zero-order chi connectivity index (χ0) is 13.7. The van der Waals surface area contributed by atoms with Crippen LogP contribution in [0.5, 0.6) is 0 Å². The molecule has 0 atom stereocenters. The largest absolute Gasteiger partial charge is 0.478 e. The van der Waals surface area contributed by atoms with Gasteiger partial charge in [0.05, 0.1) is 24.0 Å². The number of carbonyl (C=O) groups is 1. The Morgan fingerprint density at radius 2 is 2.17 bits per heavy atom. The average Bonchev–Trinajstić information content (AvgIpc) is 2.28. The molecule has 0 unspecified atom stereocenters. The molecule has 0 aromatic heterocycles. The molecule has 0 fully saturated rings. The van der Waals surface area contributed by atoms with Crippen molar-refractivity contribution in [2.24, 2.45) is 0 Å². The lowest BCUT2D eigenvalue weighted by molar-refractivity contribution is 0.0696. The van der Waals surface area contributed by atoms with Crippen molar-refractivity contribution in [3.8, 4) is 0 Å². The van der Waals surface area contributed by atoms with Crippen LogP contribution in [-0.4, -0.2) is 37.4 Å². The summed E-state index contributed by atoms with van der Waals surface area (Å²) in [5, 5.41) is 9.14. The zero-order valence-electron chi connectivity index (χ0n) is 11.0. The van der Waals surface area contributed by atoms with Gasteiger partial charge in [0.15, 0.2) is 0 Å². The number of benzene rings is 1. The Labute approximate surface area is 107 Å². The molecule has 1 rings (SSSR count). The van der Waals surface area contributed by atoms with Gasteiger partial charge in [0.25, 0.3) is 0 Å². The van der Waals surface area contributed by atoms with E-state index in [4.69, 9.17) is 15.6 Å². The highest BCUT2D eigenvalue weighted by Gasteiger charge is 2.13. The van der Waals surface area contributed by atoms with E-state index in [0.29, 0.717) is 24.5 Å². The quantitative estimate of drug-likeness (QED) is 0.755. The fraction of sp³-hybridized carbons (Fsp3) is 0.462. The Kier molecular flexibility index (Phi) is 4.97. The molecule has 0 saturated heterocycles. The van der Waals surface area contributed by atoms with Crippen molar-refractivity contribution in [2.75, 3.05) is 30.8 Å². The van der Waals surface area contributed by atoms with E-state index in [9.17, 15) is 4.79 Å². The van der Waals surface area contributed by atoms with E-state index in [0.717, 1.165) is 0 Å². The minimum absolute atomic E-state index is 0.170. The minimum atomic E-state index is -0.978. The lowest BCUT2D eigenvalue weighted by Gasteiger charge is -2.22. The Balaban J connectivity index is 2.78. The van der Waals surface area contributed by atoms with Gasteiger partial charge in [-0.05, 0) is 32.0 Å². The van der Waals surface area contributed by atoms with Gasteiger partial charge in [-0.25, -0.2) is 4.79 Å². The predicted octanol–water partition coefficient (Wildman–Crippen LogP) is 1.83. The SMILES string of the molecule is CC(C)OCCN(C)c1ccc(N)cc1C(=O)O. The Morgan fingerprint density at radius 3 is 2.72 bits per heavy atom. The third kappa shape index (κ3) is 3.92. The van der Waals surface area contributed by atoms with Crippen LogP contribution >= 0.6 is 0 Å². The van der Waals surface area contributed by atoms with Gasteiger partial charge in [-0.15, -0.1) is 0 Å². The average molecular weight is 252 g/mol. The molecule has 0 radical (unpaired) electrons. The van der Waals surface area contributed by atoms with Crippen molar-refractivity contribution in [3.05, 3.63) is 23.8 Å². The number of nitrogens with two attached hydrogens (primary N) is 1. The molecule has 5 nitrogen and oxygen atoms in total. The topological polar surface area (TPSA) is 75.8 Å². The second kappa shape index (κ2) is 6.26. The summed E-state index contributed by atoms with van der Waals surface area (Å²) in [6.07, 6.45) is 0.170. The lowest BCUT2D eigenvalue weighted by atomic mass is 10.1. The van der Waals surface area contributed by atoms with E-state index < -0.39 is 5.97 Å². The summed E-state index contributed by atoms with van der Waals surface area (Å²) in [6.45, 7) is 5.11. The van der Waals surface area contributed by atoms with Gasteiger partial charge in [0, 0.05) is 19.3 Å². The summed E-state index contributed by atoms with van der Waals surface area (Å²) in [5.74, 6) is -0.978. The molecule has 1 aromatic rings. The third-order valence-corrected chi connectivity index (χ3v) is 2.54. The number of likely N-dealkylation sites (N-methyl/N-ethyl adjacent to an activating group) is 1. The Morgan fingerprint density at radius 1 is 1.50 bits per heavy atom. The standard InChI is InChI=1S/C13H20N2O3/c1-9(2)18-7-6-15(3)12-5-4-10(14)8-11(12)13(16)17/h4-5,8-9H,6-7,14H2,1-3H3,(H,16,17). The number of hydrogen-bond acceptors (Lipinski definition) is 4. The molecule has 0 aliphatic heterocycles. The van der Waals surface area contributed by atoms with E-state index in [2.05, 4.69) is 0 Å². The van der Waals surface area contributed by atoms with Crippen LogP contribution in [0, 0.1) is 0 Å². The maximum Gasteiger partial charge on any atom is 0.337 e. The van der Waals surface area contributed by atoms with E-state index in [-0.39, 0.29) is 11.7 Å². The Bertz CT molecular complexity index is 419. The maximum absolute atomic E-state index is 11.1. The van der Waals surface area contributed by atoms with Gasteiger partial charge in [0.1, 0.15) is 0 Å². The van der Waals surface area contributed by atoms with Gasteiger partial charge in [-0.1, -0.05) is 0 Å². The smallest absolute Gasteiger partial charge is 0.337 e. The van der Waals surface area contributed by atoms with Crippen molar-refractivity contribution in [1.82, 2.24) is 0 Å². The first-order chi connectivity index (χ1) is 8.41. The van der Waals surface area contributed by atoms with Crippen molar-refractivity contribution in [1.29, 1.82) is 0 Å². The molecule has 0 bridgehead atoms. The Hall–Kier alpha value is -1.75. The van der Waals surface area contributed by atoms with Crippen LogP contribution in [0.25, 0.3) is 0 Å². The van der Waals surface area contributed by atoms with E-state index >= 15 is 0 Å². The molecule has 1 aromatic carbocycles. The summed E-state index contributed by atoms with van der Waals surface area (Å²) in [5.41, 5.74) is 6.90. The summed E-state index contributed by atoms with van der Waals surface area (Å²) >= 11 is 0. The van der Waals surface area contributed by atoms with Crippen LogP contribution < -0.4 is 10.6 Å². The van der Waals surface area contributed by atoms with Gasteiger partial charge >= 0.3 is 5.97 Å². The first-order valence-corrected chi connectivity index (χ1v) is 5.87. The van der Waals surface area contributed by atoms with Crippen LogP contribution in [0.15, 0.2) is 18.2 Å². The normalized spacial score (nSPS) is 10.7. The number of ether oxygens (including phenoxy) is 1. The maximum atomic E-state index is 11.1. The fourth-order valence-electron chi connectivity index (χ4n) is 1.60. The molecule has 0 spiro atoms. The first-order valence-electron chi connectivity index (χ1n) is 5.87. The van der Waals surface area contributed by atoms with Gasteiger partial charge in [-0.2, -0.15) is 0 Å². The third-order valence-electron chi connectivity index (χ3n) is 2.54. The number of nitrogen functional groups attached to an aromatic ring is 1. The first kappa shape index (κ1) is 14.3. The number of anilines is 2. The number of carboxylic acids is 1. The zero-order valence-corrected chi connectivity index (χ0v) is 11.0. The summed E-state index contributed by atoms with van der Waals surface area (Å²) in [4.78, 5) is 13.0. The fourth-order valence-corrected chi connectivity index (χ4v) is 1.60. The highest BCUT2D eigenvalue weighted by atomic mass is 16.5. The van der Waals surface area contributed by atoms with Crippen LogP contribution in [0.4, 0.5) is 11.4 Å². The summed E-state index contributed by atoms with van der Waals surface area (Å²) in [6, 6.07) is 4.88. The van der Waals surface area contributed by atoms with E-state index in [1.165, 1.54) is 6.07 Å². The minimum Gasteiger partial charge on any atom is -0.478 e. The van der Waals surface area contributed by atoms with Gasteiger partial charge in [-0.3, -0.25) is 0 Å². The molecule has 0 amide bonds. The van der Waals surface area contributed by atoms with E-state index in [1.807, 2.05) is 25.8 Å². The van der Waals surface area contributed by atoms with Crippen molar-refractivity contribution in [3.63, 3.8) is 0 Å². The van der Waals surface area contributed by atoms with Gasteiger partial charge in [0.2, 0.25) is 0 Å². The highest BCUT2D eigenvalue weighted by molar-refractivity contribution is 5.95. The van der Waals surface area contributed by atoms with Crippen LogP contribution in [-0.2, 0) is 4.74 Å². The lowest BCUT2D eigenvalue weighted by Crippen LogP contribution is -2.25. The number of nitrogens with zero attached hydrogens (tertiary/aromatic N) is 1. The predicted molar refractivity (Wildman–Crippen MR) is 72.2 cm³/mol. The number of rotatable bonds is 6. The molecule has 100 valence electrons. The second-order valence-corrected chi connectivity index (χ2v) is 4.42. The molecule has 0 aliphatic carbocycles. The second-order valence-electron chi connectivity index (χ2n) is 4.42. The van der Waals surface area contributed by atoms with Crippen molar-refractivity contribution >= 4 is 17.3 Å². The monoisotopic (exact) mass is 252 g/mol. The summed E-state index contributed by atoms with van der Waals surface area (Å²) < 4.78 is 5.44. The molecule has 0 heterocycles. The van der Waals surface area contributed by atoms with Gasteiger partial charge < -0.3 is 20.5 Å². The number of aromatic carboxylic acids is 1. The van der Waals surface area contributed by atoms with Crippen LogP contribution in [0.3, 0.4) is 0 Å². The number of hydrogen-bond donors (Lipinski definition) is 2. The van der Waals surface area contributed by atoms with Crippen molar-refractivity contribution < 1.29 is 14.6 Å². The molecular weight excluding hydrogens is 232 g/mol. The van der Waals surface area contributed by atoms with Crippen LogP contribution in [0.1, 0.15) is 24.2 Å². The molecule has 0 aliphatic rings. The number of carboxylic acid groups (broad SMARTS) is 1. The highest BCUT2D eigenvalue weighted by Crippen LogP contribution is 2.22. The van der Waals surface area contributed by atoms with Crippen molar-refractivity contribution in [2.45, 2.75) is 20.0 Å².